The molecule has 0 spiro atoms. The Balaban J connectivity index is 1.67. The van der Waals surface area contributed by atoms with E-state index in [1.165, 1.54) is 6.07 Å². The molecule has 0 saturated carbocycles. The molecule has 36 heavy (non-hydrogen) atoms. The van der Waals surface area contributed by atoms with Gasteiger partial charge >= 0.3 is 0 Å². The maximum absolute atomic E-state index is 14.0. The first-order valence-corrected chi connectivity index (χ1v) is 12.0. The minimum absolute atomic E-state index is 0.00935. The third kappa shape index (κ3) is 8.20. The van der Waals surface area contributed by atoms with Gasteiger partial charge in [0.05, 0.1) is 12.8 Å². The first kappa shape index (κ1) is 26.9. The van der Waals surface area contributed by atoms with E-state index in [0.717, 1.165) is 21.9 Å². The van der Waals surface area contributed by atoms with Gasteiger partial charge in [-0.1, -0.05) is 54.1 Å². The molecule has 8 heteroatoms. The Morgan fingerprint density at radius 3 is 2.50 bits per heavy atom. The standard InChI is InChI=1S/C28H29ClFN3O3/c1-20(22-10-13-24(29)14-11-22)32-33(28(35)15-12-23-7-3-4-9-26(23)30)19-27(34)31-17-16-21-6-5-8-25(18-21)36-2/h3-11,13-14,18H,12,15-17,19H2,1-2H3,(H,31,34)/b32-20+. The van der Waals surface area contributed by atoms with Crippen molar-refractivity contribution in [1.29, 1.82) is 0 Å². The Hall–Kier alpha value is -3.71. The number of hydrogen-bond donors (Lipinski definition) is 1. The van der Waals surface area contributed by atoms with Crippen molar-refractivity contribution >= 4 is 29.1 Å². The van der Waals surface area contributed by atoms with Crippen LogP contribution in [0.5, 0.6) is 5.75 Å². The summed E-state index contributed by atoms with van der Waals surface area (Å²) in [5.41, 5.74) is 2.77. The number of hydrazone groups is 1. The molecule has 0 aliphatic carbocycles. The van der Waals surface area contributed by atoms with Crippen LogP contribution in [0.2, 0.25) is 5.02 Å². The van der Waals surface area contributed by atoms with Gasteiger partial charge in [0.25, 0.3) is 0 Å². The van der Waals surface area contributed by atoms with Gasteiger partial charge in [-0.2, -0.15) is 5.10 Å². The number of amides is 2. The van der Waals surface area contributed by atoms with E-state index in [1.54, 1.807) is 56.5 Å². The van der Waals surface area contributed by atoms with Crippen LogP contribution in [-0.2, 0) is 22.4 Å². The third-order valence-corrected chi connectivity index (χ3v) is 5.80. The first-order valence-electron chi connectivity index (χ1n) is 11.6. The molecule has 188 valence electrons. The molecule has 0 bridgehead atoms. The predicted octanol–water partition coefficient (Wildman–Crippen LogP) is 5.03. The molecule has 0 saturated heterocycles. The fraction of sp³-hybridized carbons (Fsp3) is 0.250. The number of benzene rings is 3. The molecule has 0 heterocycles. The SMILES string of the molecule is COc1cccc(CCNC(=O)CN(/N=C(\C)c2ccc(Cl)cc2)C(=O)CCc2ccccc2F)c1. The molecule has 2 amide bonds. The fourth-order valence-corrected chi connectivity index (χ4v) is 3.67. The number of nitrogens with one attached hydrogen (secondary N) is 1. The predicted molar refractivity (Wildman–Crippen MR) is 140 cm³/mol. The summed E-state index contributed by atoms with van der Waals surface area (Å²) in [6.07, 6.45) is 0.821. The lowest BCUT2D eigenvalue weighted by molar-refractivity contribution is -0.136. The van der Waals surface area contributed by atoms with E-state index in [2.05, 4.69) is 10.4 Å². The van der Waals surface area contributed by atoms with Crippen molar-refractivity contribution in [3.8, 4) is 5.75 Å². The molecular formula is C28H29ClFN3O3. The van der Waals surface area contributed by atoms with Gasteiger partial charge in [-0.25, -0.2) is 9.40 Å². The summed E-state index contributed by atoms with van der Waals surface area (Å²) < 4.78 is 19.2. The van der Waals surface area contributed by atoms with E-state index < -0.39 is 0 Å². The zero-order chi connectivity index (χ0) is 25.9. The Bertz CT molecular complexity index is 1210. The number of methoxy groups -OCH3 is 1. The van der Waals surface area contributed by atoms with Gasteiger partial charge in [-0.3, -0.25) is 9.59 Å². The number of carbonyl (C=O) groups is 2. The summed E-state index contributed by atoms with van der Waals surface area (Å²) in [7, 11) is 1.60. The largest absolute Gasteiger partial charge is 0.497 e. The lowest BCUT2D eigenvalue weighted by Crippen LogP contribution is -2.39. The van der Waals surface area contributed by atoms with Gasteiger partial charge in [0.2, 0.25) is 11.8 Å². The van der Waals surface area contributed by atoms with E-state index in [4.69, 9.17) is 16.3 Å². The molecular weight excluding hydrogens is 481 g/mol. The van der Waals surface area contributed by atoms with E-state index in [1.807, 2.05) is 24.3 Å². The molecule has 1 N–H and O–H groups in total. The minimum atomic E-state index is -0.380. The Labute approximate surface area is 215 Å². The molecule has 0 aliphatic rings. The zero-order valence-corrected chi connectivity index (χ0v) is 21.1. The highest BCUT2D eigenvalue weighted by Gasteiger charge is 2.18. The number of carbonyl (C=O) groups excluding carboxylic acids is 2. The molecule has 3 rings (SSSR count). The van der Waals surface area contributed by atoms with Crippen LogP contribution in [0.3, 0.4) is 0 Å². The lowest BCUT2D eigenvalue weighted by atomic mass is 10.1. The van der Waals surface area contributed by atoms with Crippen molar-refractivity contribution in [2.75, 3.05) is 20.2 Å². The topological polar surface area (TPSA) is 71.0 Å². The van der Waals surface area contributed by atoms with Crippen LogP contribution in [0.15, 0.2) is 77.9 Å². The van der Waals surface area contributed by atoms with Crippen molar-refractivity contribution in [2.45, 2.75) is 26.2 Å². The summed E-state index contributed by atoms with van der Waals surface area (Å²) in [5.74, 6) is -0.343. The maximum atomic E-state index is 14.0. The lowest BCUT2D eigenvalue weighted by Gasteiger charge is -2.18. The number of ether oxygens (including phenoxy) is 1. The van der Waals surface area contributed by atoms with E-state index in [-0.39, 0.29) is 37.0 Å². The van der Waals surface area contributed by atoms with Gasteiger partial charge in [-0.05, 0) is 66.8 Å². The van der Waals surface area contributed by atoms with Crippen LogP contribution in [0.1, 0.15) is 30.0 Å². The van der Waals surface area contributed by atoms with Crippen molar-refractivity contribution in [1.82, 2.24) is 10.3 Å². The molecule has 0 fully saturated rings. The third-order valence-electron chi connectivity index (χ3n) is 5.55. The summed E-state index contributed by atoms with van der Waals surface area (Å²) in [6.45, 7) is 1.89. The monoisotopic (exact) mass is 509 g/mol. The van der Waals surface area contributed by atoms with Crippen LogP contribution in [0, 0.1) is 5.82 Å². The Morgan fingerprint density at radius 1 is 1.03 bits per heavy atom. The normalized spacial score (nSPS) is 11.2. The number of rotatable bonds is 11. The van der Waals surface area contributed by atoms with Crippen LogP contribution >= 0.6 is 11.6 Å². The Kier molecular flexibility index (Phi) is 10.0. The highest BCUT2D eigenvalue weighted by atomic mass is 35.5. The van der Waals surface area contributed by atoms with Gasteiger partial charge in [0, 0.05) is 18.0 Å². The molecule has 3 aromatic carbocycles. The average Bonchev–Trinajstić information content (AvgIpc) is 2.88. The molecule has 0 aromatic heterocycles. The van der Waals surface area contributed by atoms with Crippen LogP contribution in [-0.4, -0.2) is 42.7 Å². The number of nitrogens with zero attached hydrogens (tertiary/aromatic N) is 2. The Morgan fingerprint density at radius 2 is 1.78 bits per heavy atom. The van der Waals surface area contributed by atoms with Crippen LogP contribution in [0.25, 0.3) is 0 Å². The van der Waals surface area contributed by atoms with Gasteiger partial charge < -0.3 is 10.1 Å². The fourth-order valence-electron chi connectivity index (χ4n) is 3.55. The summed E-state index contributed by atoms with van der Waals surface area (Å²) in [4.78, 5) is 25.7. The van der Waals surface area contributed by atoms with Crippen LogP contribution in [0.4, 0.5) is 4.39 Å². The minimum Gasteiger partial charge on any atom is -0.497 e. The van der Waals surface area contributed by atoms with Crippen molar-refractivity contribution in [2.24, 2.45) is 5.10 Å². The van der Waals surface area contributed by atoms with E-state index >= 15 is 0 Å². The number of hydrogen-bond acceptors (Lipinski definition) is 4. The van der Waals surface area contributed by atoms with Crippen molar-refractivity contribution < 1.29 is 18.7 Å². The highest BCUT2D eigenvalue weighted by Crippen LogP contribution is 2.14. The second-order valence-electron chi connectivity index (χ2n) is 8.19. The quantitative estimate of drug-likeness (QED) is 0.291. The number of aryl methyl sites for hydroxylation is 1. The molecule has 6 nitrogen and oxygen atoms in total. The second kappa shape index (κ2) is 13.4. The van der Waals surface area contributed by atoms with E-state index in [0.29, 0.717) is 29.3 Å². The van der Waals surface area contributed by atoms with E-state index in [9.17, 15) is 14.0 Å². The van der Waals surface area contributed by atoms with Gasteiger partial charge in [0.15, 0.2) is 0 Å². The smallest absolute Gasteiger partial charge is 0.243 e. The van der Waals surface area contributed by atoms with Gasteiger partial charge in [0.1, 0.15) is 18.1 Å². The molecule has 0 radical (unpaired) electrons. The zero-order valence-electron chi connectivity index (χ0n) is 20.3. The maximum Gasteiger partial charge on any atom is 0.243 e. The van der Waals surface area contributed by atoms with Crippen LogP contribution < -0.4 is 10.1 Å². The summed E-state index contributed by atoms with van der Waals surface area (Å²) >= 11 is 5.97. The number of halogens is 2. The summed E-state index contributed by atoms with van der Waals surface area (Å²) in [5, 5.41) is 8.99. The van der Waals surface area contributed by atoms with Crippen molar-refractivity contribution in [3.63, 3.8) is 0 Å². The summed E-state index contributed by atoms with van der Waals surface area (Å²) in [6, 6.07) is 21.0. The molecule has 3 aromatic rings. The molecule has 0 unspecified atom stereocenters. The average molecular weight is 510 g/mol. The first-order chi connectivity index (χ1) is 17.4. The molecule has 0 atom stereocenters. The molecule has 0 aliphatic heterocycles. The second-order valence-corrected chi connectivity index (χ2v) is 8.62. The van der Waals surface area contributed by atoms with Crippen molar-refractivity contribution in [3.05, 3.63) is 100 Å². The highest BCUT2D eigenvalue weighted by molar-refractivity contribution is 6.30. The van der Waals surface area contributed by atoms with Gasteiger partial charge in [-0.15, -0.1) is 0 Å².